The van der Waals surface area contributed by atoms with Crippen molar-refractivity contribution in [3.8, 4) is 0 Å². The zero-order valence-corrected chi connectivity index (χ0v) is 13.0. The smallest absolute Gasteiger partial charge is 0.136 e. The van der Waals surface area contributed by atoms with E-state index >= 15 is 0 Å². The summed E-state index contributed by atoms with van der Waals surface area (Å²) in [5, 5.41) is 0. The van der Waals surface area contributed by atoms with Crippen molar-refractivity contribution in [2.45, 2.75) is 58.3 Å². The first-order valence-electron chi connectivity index (χ1n) is 8.30. The second-order valence-electron chi connectivity index (χ2n) is 6.23. The summed E-state index contributed by atoms with van der Waals surface area (Å²) in [6.07, 6.45) is 6.82. The van der Waals surface area contributed by atoms with Crippen LogP contribution in [0.25, 0.3) is 0 Å². The number of carbonyl (C=O) groups excluding carboxylic acids is 2. The van der Waals surface area contributed by atoms with Gasteiger partial charge in [-0.3, -0.25) is 9.59 Å². The van der Waals surface area contributed by atoms with Crippen LogP contribution in [-0.2, 0) is 16.0 Å². The van der Waals surface area contributed by atoms with Crippen molar-refractivity contribution >= 4 is 11.6 Å². The van der Waals surface area contributed by atoms with Crippen LogP contribution < -0.4 is 0 Å². The molecule has 1 fully saturated rings. The highest BCUT2D eigenvalue weighted by atomic mass is 16.1. The molecule has 2 nitrogen and oxygen atoms in total. The van der Waals surface area contributed by atoms with Gasteiger partial charge in [0, 0.05) is 24.7 Å². The molecule has 0 bridgehead atoms. The highest BCUT2D eigenvalue weighted by molar-refractivity contribution is 5.84. The Labute approximate surface area is 127 Å². The molecule has 0 N–H and O–H groups in total. The molecule has 2 rings (SSSR count). The van der Waals surface area contributed by atoms with Crippen LogP contribution in [0, 0.1) is 11.8 Å². The first-order chi connectivity index (χ1) is 10.2. The highest BCUT2D eigenvalue weighted by Gasteiger charge is 2.30. The van der Waals surface area contributed by atoms with E-state index in [0.717, 1.165) is 38.5 Å². The van der Waals surface area contributed by atoms with Gasteiger partial charge >= 0.3 is 0 Å². The fraction of sp³-hybridized carbons (Fsp3) is 0.579. The first-order valence-corrected chi connectivity index (χ1v) is 8.30. The summed E-state index contributed by atoms with van der Waals surface area (Å²) in [6, 6.07) is 10.2. The number of hydrogen-bond acceptors (Lipinski definition) is 2. The average Bonchev–Trinajstić information content (AvgIpc) is 2.54. The zero-order valence-electron chi connectivity index (χ0n) is 13.0. The van der Waals surface area contributed by atoms with Crippen molar-refractivity contribution in [2.75, 3.05) is 0 Å². The van der Waals surface area contributed by atoms with E-state index in [0.29, 0.717) is 24.4 Å². The molecule has 0 aliphatic heterocycles. The Kier molecular flexibility index (Phi) is 6.16. The number of benzene rings is 1. The summed E-state index contributed by atoms with van der Waals surface area (Å²) in [5.74, 6) is 0.989. The van der Waals surface area contributed by atoms with Crippen LogP contribution in [-0.4, -0.2) is 11.6 Å². The quantitative estimate of drug-likeness (QED) is 0.746. The molecule has 0 saturated heterocycles. The summed E-state index contributed by atoms with van der Waals surface area (Å²) in [5.41, 5.74) is 1.22. The summed E-state index contributed by atoms with van der Waals surface area (Å²) < 4.78 is 0. The number of hydrogen-bond donors (Lipinski definition) is 0. The van der Waals surface area contributed by atoms with Crippen LogP contribution in [0.15, 0.2) is 30.3 Å². The van der Waals surface area contributed by atoms with E-state index < -0.39 is 0 Å². The largest absolute Gasteiger partial charge is 0.299 e. The van der Waals surface area contributed by atoms with E-state index in [1.807, 2.05) is 25.1 Å². The minimum Gasteiger partial charge on any atom is -0.299 e. The van der Waals surface area contributed by atoms with Gasteiger partial charge in [-0.25, -0.2) is 0 Å². The molecule has 0 heterocycles. The Balaban J connectivity index is 1.83. The standard InChI is InChI=1S/C19H26O2/c1-2-7-18(20)16-10-6-11-17(14-16)19(21)13-12-15-8-4-3-5-9-15/h3-5,8-9,16-17H,2,6-7,10-14H2,1H3/t16-,17-/m1/s1. The minimum absolute atomic E-state index is 0.119. The first kappa shape index (κ1) is 15.9. The topological polar surface area (TPSA) is 34.1 Å². The molecule has 0 amide bonds. The van der Waals surface area contributed by atoms with Crippen LogP contribution in [0.5, 0.6) is 0 Å². The van der Waals surface area contributed by atoms with Crippen LogP contribution >= 0.6 is 0 Å². The molecule has 0 spiro atoms. The van der Waals surface area contributed by atoms with E-state index in [1.165, 1.54) is 5.56 Å². The number of carbonyl (C=O) groups is 2. The van der Waals surface area contributed by atoms with E-state index in [-0.39, 0.29) is 11.8 Å². The Bertz CT molecular complexity index is 464. The van der Waals surface area contributed by atoms with Crippen molar-refractivity contribution in [1.82, 2.24) is 0 Å². The van der Waals surface area contributed by atoms with Gasteiger partial charge in [0.25, 0.3) is 0 Å². The number of ketones is 2. The van der Waals surface area contributed by atoms with Crippen LogP contribution in [0.4, 0.5) is 0 Å². The summed E-state index contributed by atoms with van der Waals surface area (Å²) in [7, 11) is 0. The lowest BCUT2D eigenvalue weighted by Crippen LogP contribution is -2.27. The van der Waals surface area contributed by atoms with Gasteiger partial charge in [-0.1, -0.05) is 43.7 Å². The monoisotopic (exact) mass is 286 g/mol. The van der Waals surface area contributed by atoms with Crippen LogP contribution in [0.2, 0.25) is 0 Å². The fourth-order valence-corrected chi connectivity index (χ4v) is 3.34. The molecule has 114 valence electrons. The SMILES string of the molecule is CCCC(=O)[C@@H]1CCC[C@@H](C(=O)CCc2ccccc2)C1. The molecule has 0 unspecified atom stereocenters. The van der Waals surface area contributed by atoms with Gasteiger partial charge in [-0.05, 0) is 37.7 Å². The van der Waals surface area contributed by atoms with Crippen molar-refractivity contribution in [2.24, 2.45) is 11.8 Å². The lowest BCUT2D eigenvalue weighted by molar-refractivity contribution is -0.127. The zero-order chi connectivity index (χ0) is 15.1. The molecular formula is C19H26O2. The maximum absolute atomic E-state index is 12.4. The molecule has 21 heavy (non-hydrogen) atoms. The molecule has 0 aromatic heterocycles. The lowest BCUT2D eigenvalue weighted by Gasteiger charge is -2.27. The molecule has 1 aliphatic rings. The maximum Gasteiger partial charge on any atom is 0.136 e. The molecular weight excluding hydrogens is 260 g/mol. The maximum atomic E-state index is 12.4. The van der Waals surface area contributed by atoms with Crippen molar-refractivity contribution in [3.05, 3.63) is 35.9 Å². The van der Waals surface area contributed by atoms with E-state index in [4.69, 9.17) is 0 Å². The molecule has 0 radical (unpaired) electrons. The molecule has 1 aromatic rings. The average molecular weight is 286 g/mol. The highest BCUT2D eigenvalue weighted by Crippen LogP contribution is 2.32. The molecule has 1 aliphatic carbocycles. The predicted molar refractivity (Wildman–Crippen MR) is 85.1 cm³/mol. The summed E-state index contributed by atoms with van der Waals surface area (Å²) in [6.45, 7) is 2.04. The molecule has 1 aromatic carbocycles. The van der Waals surface area contributed by atoms with Crippen molar-refractivity contribution in [3.63, 3.8) is 0 Å². The third kappa shape index (κ3) is 4.80. The molecule has 2 heteroatoms. The Hall–Kier alpha value is -1.44. The normalized spacial score (nSPS) is 22.0. The van der Waals surface area contributed by atoms with Crippen molar-refractivity contribution in [1.29, 1.82) is 0 Å². The Morgan fingerprint density at radius 2 is 1.62 bits per heavy atom. The Morgan fingerprint density at radius 3 is 2.24 bits per heavy atom. The van der Waals surface area contributed by atoms with Gasteiger partial charge < -0.3 is 0 Å². The Morgan fingerprint density at radius 1 is 1.00 bits per heavy atom. The van der Waals surface area contributed by atoms with Gasteiger partial charge in [0.05, 0.1) is 0 Å². The van der Waals surface area contributed by atoms with Crippen LogP contribution in [0.3, 0.4) is 0 Å². The number of rotatable bonds is 7. The fourth-order valence-electron chi connectivity index (χ4n) is 3.34. The second-order valence-corrected chi connectivity index (χ2v) is 6.23. The lowest BCUT2D eigenvalue weighted by atomic mass is 9.76. The predicted octanol–water partition coefficient (Wildman–Crippen LogP) is 4.36. The van der Waals surface area contributed by atoms with Gasteiger partial charge in [-0.2, -0.15) is 0 Å². The minimum atomic E-state index is 0.119. The third-order valence-corrected chi connectivity index (χ3v) is 4.58. The van der Waals surface area contributed by atoms with Gasteiger partial charge in [0.2, 0.25) is 0 Å². The number of aryl methyl sites for hydroxylation is 1. The van der Waals surface area contributed by atoms with E-state index in [1.54, 1.807) is 0 Å². The van der Waals surface area contributed by atoms with Crippen LogP contribution in [0.1, 0.15) is 57.4 Å². The second kappa shape index (κ2) is 8.11. The van der Waals surface area contributed by atoms with Crippen molar-refractivity contribution < 1.29 is 9.59 Å². The summed E-state index contributed by atoms with van der Waals surface area (Å²) >= 11 is 0. The van der Waals surface area contributed by atoms with E-state index in [9.17, 15) is 9.59 Å². The van der Waals surface area contributed by atoms with E-state index in [2.05, 4.69) is 12.1 Å². The molecule has 2 atom stereocenters. The van der Waals surface area contributed by atoms with Gasteiger partial charge in [0.15, 0.2) is 0 Å². The van der Waals surface area contributed by atoms with Gasteiger partial charge in [-0.15, -0.1) is 0 Å². The molecule has 1 saturated carbocycles. The summed E-state index contributed by atoms with van der Waals surface area (Å²) in [4.78, 5) is 24.4. The number of Topliss-reactive ketones (excluding diaryl/α,β-unsaturated/α-hetero) is 2. The third-order valence-electron chi connectivity index (χ3n) is 4.58. The van der Waals surface area contributed by atoms with Gasteiger partial charge in [0.1, 0.15) is 11.6 Å².